The second-order valence-electron chi connectivity index (χ2n) is 7.21. The predicted octanol–water partition coefficient (Wildman–Crippen LogP) is 5.85. The maximum Gasteiger partial charge on any atom is 0.505 e. The van der Waals surface area contributed by atoms with Crippen LogP contribution in [0.1, 0.15) is 29.5 Å². The smallest absolute Gasteiger partial charge is 0.496 e. The number of unbranched alkanes of at least 4 members (excludes halogenated alkanes) is 1. The molecule has 0 aliphatic rings. The molecule has 0 radical (unpaired) electrons. The van der Waals surface area contributed by atoms with Gasteiger partial charge in [0.25, 0.3) is 0 Å². The summed E-state index contributed by atoms with van der Waals surface area (Å²) in [5, 5.41) is 19.8. The maximum atomic E-state index is 12.8. The highest BCUT2D eigenvalue weighted by molar-refractivity contribution is 9.10. The van der Waals surface area contributed by atoms with Gasteiger partial charge in [-0.25, -0.2) is 4.79 Å². The van der Waals surface area contributed by atoms with Gasteiger partial charge in [-0.2, -0.15) is 15.4 Å². The lowest BCUT2D eigenvalue weighted by Gasteiger charge is -2.06. The highest BCUT2D eigenvalue weighted by Gasteiger charge is 2.18. The van der Waals surface area contributed by atoms with Crippen LogP contribution in [0.15, 0.2) is 47.1 Å². The first-order valence-electron chi connectivity index (χ1n) is 10.2. The van der Waals surface area contributed by atoms with Gasteiger partial charge in [0, 0.05) is 27.2 Å². The third-order valence-electron chi connectivity index (χ3n) is 5.00. The van der Waals surface area contributed by atoms with Crippen molar-refractivity contribution in [2.45, 2.75) is 12.8 Å². The van der Waals surface area contributed by atoms with Crippen LogP contribution in [-0.2, 0) is 9.30 Å². The lowest BCUT2D eigenvalue weighted by atomic mass is 10.0. The molecule has 34 heavy (non-hydrogen) atoms. The van der Waals surface area contributed by atoms with Gasteiger partial charge in [0.1, 0.15) is 5.75 Å². The Morgan fingerprint density at radius 2 is 2.03 bits per heavy atom. The number of halogens is 1. The van der Waals surface area contributed by atoms with Crippen LogP contribution in [0.4, 0.5) is 4.79 Å². The Hall–Kier alpha value is -3.49. The zero-order chi connectivity index (χ0) is 24.7. The molecule has 3 rings (SSSR count). The minimum Gasteiger partial charge on any atom is -0.496 e. The number of rotatable bonds is 8. The van der Waals surface area contributed by atoms with Crippen molar-refractivity contribution in [2.75, 3.05) is 19.9 Å². The summed E-state index contributed by atoms with van der Waals surface area (Å²) >= 11 is 3.44. The molecule has 0 amide bonds. The predicted molar refractivity (Wildman–Crippen MR) is 132 cm³/mol. The summed E-state index contributed by atoms with van der Waals surface area (Å²) in [6.45, 7) is 0.104. The average Bonchev–Trinajstić information content (AvgIpc) is 3.20. The van der Waals surface area contributed by atoms with Gasteiger partial charge in [0.05, 0.1) is 42.5 Å². The van der Waals surface area contributed by atoms with Crippen LogP contribution in [0.3, 0.4) is 0 Å². The molecule has 3 aromatic rings. The first-order chi connectivity index (χ1) is 16.4. The Kier molecular flexibility index (Phi) is 8.56. The number of allylic oxidation sites excluding steroid dienone is 1. The van der Waals surface area contributed by atoms with Gasteiger partial charge in [-0.05, 0) is 59.9 Å². The van der Waals surface area contributed by atoms with Crippen LogP contribution in [0, 0.1) is 22.7 Å². The molecule has 10 heteroatoms. The lowest BCUT2D eigenvalue weighted by Crippen LogP contribution is -2.13. The Labute approximate surface area is 205 Å². The van der Waals surface area contributed by atoms with Gasteiger partial charge in [-0.1, -0.05) is 15.9 Å². The fourth-order valence-corrected chi connectivity index (χ4v) is 4.24. The highest BCUT2D eigenvalue weighted by atomic mass is 79.9. The van der Waals surface area contributed by atoms with Crippen molar-refractivity contribution in [3.05, 3.63) is 63.8 Å². The highest BCUT2D eigenvalue weighted by Crippen LogP contribution is 2.32. The number of hydrogen-bond acceptors (Lipinski definition) is 6. The topological polar surface area (TPSA) is 125 Å². The first-order valence-corrected chi connectivity index (χ1v) is 12.4. The maximum absolute atomic E-state index is 12.8. The zero-order valence-corrected chi connectivity index (χ0v) is 20.7. The Morgan fingerprint density at radius 1 is 1.24 bits per heavy atom. The van der Waals surface area contributed by atoms with E-state index in [1.54, 1.807) is 48.7 Å². The summed E-state index contributed by atoms with van der Waals surface area (Å²) in [5.74, 6) is 0.501. The summed E-state index contributed by atoms with van der Waals surface area (Å²) < 4.78 is 23.6. The van der Waals surface area contributed by atoms with E-state index in [9.17, 15) is 19.9 Å². The SMILES string of the molecule is COc1ccc(C#N)cc1/C=C(\C#N)c1cn(C(=O)OCCCC[P+](=O)O)c2ccc(Br)cc12. The number of hydrogen-bond donors (Lipinski definition) is 1. The largest absolute Gasteiger partial charge is 0.505 e. The van der Waals surface area contributed by atoms with Crippen LogP contribution in [0.25, 0.3) is 22.6 Å². The van der Waals surface area contributed by atoms with E-state index in [1.165, 1.54) is 11.7 Å². The zero-order valence-electron chi connectivity index (χ0n) is 18.2. The third kappa shape index (κ3) is 5.89. The Morgan fingerprint density at radius 3 is 2.71 bits per heavy atom. The fourth-order valence-electron chi connectivity index (χ4n) is 3.39. The molecule has 0 aliphatic heterocycles. The normalized spacial score (nSPS) is 11.6. The molecule has 1 atom stereocenters. The fraction of sp³-hybridized carbons (Fsp3) is 0.208. The second-order valence-corrected chi connectivity index (χ2v) is 9.28. The molecule has 1 aromatic heterocycles. The van der Waals surface area contributed by atoms with Crippen LogP contribution in [-0.4, -0.2) is 35.4 Å². The molecule has 1 heterocycles. The van der Waals surface area contributed by atoms with E-state index in [4.69, 9.17) is 14.4 Å². The van der Waals surface area contributed by atoms with E-state index in [-0.39, 0.29) is 18.3 Å². The summed E-state index contributed by atoms with van der Waals surface area (Å²) in [7, 11) is -0.699. The Bertz CT molecular complexity index is 1370. The van der Waals surface area contributed by atoms with Crippen molar-refractivity contribution in [1.29, 1.82) is 10.5 Å². The van der Waals surface area contributed by atoms with Gasteiger partial charge in [-0.3, -0.25) is 4.57 Å². The lowest BCUT2D eigenvalue weighted by molar-refractivity contribution is 0.147. The van der Waals surface area contributed by atoms with E-state index in [1.807, 2.05) is 0 Å². The summed E-state index contributed by atoms with van der Waals surface area (Å²) in [5.41, 5.74) is 2.32. The molecule has 172 valence electrons. The molecule has 0 fully saturated rings. The molecule has 1 unspecified atom stereocenters. The van der Waals surface area contributed by atoms with Crippen LogP contribution in [0.5, 0.6) is 5.75 Å². The third-order valence-corrected chi connectivity index (χ3v) is 6.19. The number of benzene rings is 2. The van der Waals surface area contributed by atoms with Crippen molar-refractivity contribution in [3.8, 4) is 17.9 Å². The summed E-state index contributed by atoms with van der Waals surface area (Å²) in [4.78, 5) is 21.6. The summed E-state index contributed by atoms with van der Waals surface area (Å²) in [6, 6.07) is 14.5. The molecular weight excluding hydrogens is 521 g/mol. The number of carbonyl (C=O) groups excluding carboxylic acids is 1. The second kappa shape index (κ2) is 11.6. The first kappa shape index (κ1) is 25.1. The number of fused-ring (bicyclic) bond motifs is 1. The molecule has 8 nitrogen and oxygen atoms in total. The molecule has 0 aliphatic carbocycles. The van der Waals surface area contributed by atoms with Crippen molar-refractivity contribution in [3.63, 3.8) is 0 Å². The van der Waals surface area contributed by atoms with E-state index < -0.39 is 14.1 Å². The number of carbonyl (C=O) groups is 1. The van der Waals surface area contributed by atoms with Crippen molar-refractivity contribution in [1.82, 2.24) is 4.57 Å². The minimum absolute atomic E-state index is 0.104. The van der Waals surface area contributed by atoms with Crippen molar-refractivity contribution in [2.24, 2.45) is 0 Å². The molecule has 0 spiro atoms. The Balaban J connectivity index is 2.01. The number of nitriles is 2. The summed E-state index contributed by atoms with van der Waals surface area (Å²) in [6.07, 6.45) is 3.62. The minimum atomic E-state index is -2.20. The molecule has 2 aromatic carbocycles. The van der Waals surface area contributed by atoms with Gasteiger partial charge in [-0.15, -0.1) is 0 Å². The van der Waals surface area contributed by atoms with Gasteiger partial charge >= 0.3 is 14.1 Å². The van der Waals surface area contributed by atoms with Crippen LogP contribution >= 0.6 is 24.0 Å². The van der Waals surface area contributed by atoms with Crippen molar-refractivity contribution < 1.29 is 23.7 Å². The van der Waals surface area contributed by atoms with Gasteiger partial charge in [0.15, 0.2) is 6.16 Å². The van der Waals surface area contributed by atoms with E-state index >= 15 is 0 Å². The number of methoxy groups -OCH3 is 1. The van der Waals surface area contributed by atoms with E-state index in [0.717, 1.165) is 4.47 Å². The van der Waals surface area contributed by atoms with Crippen LogP contribution < -0.4 is 4.74 Å². The number of ether oxygens (including phenoxy) is 2. The number of aromatic nitrogens is 1. The van der Waals surface area contributed by atoms with Crippen LogP contribution in [0.2, 0.25) is 0 Å². The quantitative estimate of drug-likeness (QED) is 0.216. The molecule has 0 saturated heterocycles. The number of nitrogens with zero attached hydrogens (tertiary/aromatic N) is 3. The monoisotopic (exact) mass is 540 g/mol. The van der Waals surface area contributed by atoms with Gasteiger partial charge in [0.2, 0.25) is 0 Å². The average molecular weight is 541 g/mol. The van der Waals surface area contributed by atoms with E-state index in [0.29, 0.717) is 46.2 Å². The van der Waals surface area contributed by atoms with Gasteiger partial charge < -0.3 is 9.47 Å². The molecule has 0 bridgehead atoms. The van der Waals surface area contributed by atoms with E-state index in [2.05, 4.69) is 28.1 Å². The molecule has 1 N–H and O–H groups in total. The molecular formula is C24H20BrN3O5P+. The molecule has 0 saturated carbocycles. The van der Waals surface area contributed by atoms with Crippen molar-refractivity contribution >= 4 is 52.6 Å². The standard InChI is InChI=1S/C24H19BrN3O5P/c1-32-23-7-4-16(13-26)10-17(23)11-18(14-27)21-15-28(22-6-5-19(25)12-20(21)22)24(29)33-8-2-3-9-34(30)31/h4-7,10-12,15H,2-3,8-9H2,1H3/p+1/b18-11+.